The van der Waals surface area contributed by atoms with Crippen molar-refractivity contribution in [3.05, 3.63) is 114 Å². The largest absolute Gasteiger partial charge is 0.460 e. The summed E-state index contributed by atoms with van der Waals surface area (Å²) >= 11 is 1.57. The minimum absolute atomic E-state index is 0.161. The maximum Gasteiger partial charge on any atom is 0.325 e. The monoisotopic (exact) mass is 534 g/mol. The fraction of sp³-hybridized carbons (Fsp3) is 0.152. The lowest BCUT2D eigenvalue weighted by atomic mass is 9.92. The van der Waals surface area contributed by atoms with E-state index in [-0.39, 0.29) is 19.1 Å². The van der Waals surface area contributed by atoms with Gasteiger partial charge >= 0.3 is 5.97 Å². The summed E-state index contributed by atoms with van der Waals surface area (Å²) in [6.45, 7) is 2.03. The molecule has 0 unspecified atom stereocenters. The van der Waals surface area contributed by atoms with Gasteiger partial charge in [0.2, 0.25) is 5.91 Å². The van der Waals surface area contributed by atoms with Gasteiger partial charge in [-0.3, -0.25) is 9.59 Å². The predicted molar refractivity (Wildman–Crippen MR) is 160 cm³/mol. The van der Waals surface area contributed by atoms with Gasteiger partial charge in [-0.2, -0.15) is 0 Å². The van der Waals surface area contributed by atoms with E-state index in [9.17, 15) is 9.59 Å². The Hall–Kier alpha value is -4.13. The maximum atomic E-state index is 12.8. The molecule has 5 aromatic rings. The van der Waals surface area contributed by atoms with Crippen molar-refractivity contribution >= 4 is 45.2 Å². The number of ether oxygens (including phenoxy) is 1. The van der Waals surface area contributed by atoms with E-state index >= 15 is 0 Å². The molecule has 0 fully saturated rings. The van der Waals surface area contributed by atoms with Crippen molar-refractivity contribution in [3.63, 3.8) is 0 Å². The van der Waals surface area contributed by atoms with Crippen LogP contribution < -0.4 is 11.1 Å². The molecule has 0 bridgehead atoms. The number of hydrogen-bond donors (Lipinski definition) is 2. The third kappa shape index (κ3) is 6.14. The van der Waals surface area contributed by atoms with Crippen LogP contribution in [0.3, 0.4) is 0 Å². The van der Waals surface area contributed by atoms with Crippen LogP contribution >= 0.6 is 11.8 Å². The smallest absolute Gasteiger partial charge is 0.325 e. The molecule has 0 aliphatic heterocycles. The Morgan fingerprint density at radius 1 is 0.821 bits per heavy atom. The number of hydrogen-bond acceptors (Lipinski definition) is 5. The first-order chi connectivity index (χ1) is 19.0. The van der Waals surface area contributed by atoms with Gasteiger partial charge in [0, 0.05) is 16.2 Å². The normalized spacial score (nSPS) is 11.8. The maximum absolute atomic E-state index is 12.8. The minimum Gasteiger partial charge on any atom is -0.460 e. The Morgan fingerprint density at radius 3 is 2.21 bits per heavy atom. The van der Waals surface area contributed by atoms with Gasteiger partial charge in [0.25, 0.3) is 0 Å². The van der Waals surface area contributed by atoms with Crippen molar-refractivity contribution < 1.29 is 14.3 Å². The molecule has 1 atom stereocenters. The number of carbonyl (C=O) groups excluding carboxylic acids is 2. The highest BCUT2D eigenvalue weighted by Crippen LogP contribution is 2.44. The molecule has 6 heteroatoms. The van der Waals surface area contributed by atoms with Crippen LogP contribution in [0, 0.1) is 6.92 Å². The summed E-state index contributed by atoms with van der Waals surface area (Å²) in [5.74, 6) is -0.540. The van der Waals surface area contributed by atoms with Gasteiger partial charge in [-0.05, 0) is 39.6 Å². The van der Waals surface area contributed by atoms with Crippen molar-refractivity contribution in [3.8, 4) is 11.1 Å². The van der Waals surface area contributed by atoms with Crippen molar-refractivity contribution in [2.75, 3.05) is 12.3 Å². The summed E-state index contributed by atoms with van der Waals surface area (Å²) in [5.41, 5.74) is 10.6. The van der Waals surface area contributed by atoms with Crippen LogP contribution in [0.5, 0.6) is 0 Å². The average molecular weight is 535 g/mol. The van der Waals surface area contributed by atoms with E-state index in [0.717, 1.165) is 32.4 Å². The van der Waals surface area contributed by atoms with E-state index < -0.39 is 12.0 Å². The second kappa shape index (κ2) is 12.2. The molecule has 0 aliphatic rings. The first kappa shape index (κ1) is 26.5. The molecule has 0 aliphatic carbocycles. The van der Waals surface area contributed by atoms with E-state index in [2.05, 4.69) is 54.7 Å². The summed E-state index contributed by atoms with van der Waals surface area (Å²) in [7, 11) is 0. The Balaban J connectivity index is 1.35. The topological polar surface area (TPSA) is 81.4 Å². The standard InChI is InChI=1S/C33H30N2O3S/c1-22-16-17-26-25-14-8-9-15-27(25)32(31(28(26)18-22)24-12-6-3-7-13-24)39-21-29(34)33(37)35-19-30(36)38-20-23-10-4-2-5-11-23/h2-18,29H,19-21,34H2,1H3,(H,35,37)/t29-/m0/s1. The molecule has 0 saturated heterocycles. The molecule has 5 aromatic carbocycles. The highest BCUT2D eigenvalue weighted by Gasteiger charge is 2.20. The van der Waals surface area contributed by atoms with Crippen LogP contribution in [0.25, 0.3) is 32.7 Å². The number of nitrogens with two attached hydrogens (primary N) is 1. The van der Waals surface area contributed by atoms with Crippen LogP contribution in [0.2, 0.25) is 0 Å². The first-order valence-electron chi connectivity index (χ1n) is 12.9. The van der Waals surface area contributed by atoms with Crippen LogP contribution in [0.4, 0.5) is 0 Å². The van der Waals surface area contributed by atoms with E-state index in [1.165, 1.54) is 16.3 Å². The lowest BCUT2D eigenvalue weighted by Gasteiger charge is -2.19. The molecular weight excluding hydrogens is 504 g/mol. The predicted octanol–water partition coefficient (Wildman–Crippen LogP) is 6.25. The number of esters is 1. The van der Waals surface area contributed by atoms with Crippen molar-refractivity contribution in [1.29, 1.82) is 0 Å². The van der Waals surface area contributed by atoms with E-state index in [0.29, 0.717) is 5.75 Å². The van der Waals surface area contributed by atoms with Crippen molar-refractivity contribution in [2.45, 2.75) is 24.5 Å². The van der Waals surface area contributed by atoms with Crippen molar-refractivity contribution in [2.24, 2.45) is 5.73 Å². The van der Waals surface area contributed by atoms with Gasteiger partial charge < -0.3 is 15.8 Å². The molecule has 39 heavy (non-hydrogen) atoms. The first-order valence-corrected chi connectivity index (χ1v) is 13.9. The summed E-state index contributed by atoms with van der Waals surface area (Å²) < 4.78 is 5.25. The molecule has 0 spiro atoms. The molecule has 1 amide bonds. The second-order valence-corrected chi connectivity index (χ2v) is 10.5. The number of amides is 1. The van der Waals surface area contributed by atoms with E-state index in [1.54, 1.807) is 11.8 Å². The highest BCUT2D eigenvalue weighted by molar-refractivity contribution is 7.99. The molecule has 0 aromatic heterocycles. The third-order valence-corrected chi connectivity index (χ3v) is 7.83. The lowest BCUT2D eigenvalue weighted by Crippen LogP contribution is -2.44. The number of benzene rings is 5. The minimum atomic E-state index is -0.799. The summed E-state index contributed by atoms with van der Waals surface area (Å²) in [6, 6.07) is 33.8. The molecule has 196 valence electrons. The number of thioether (sulfide) groups is 1. The van der Waals surface area contributed by atoms with E-state index in [4.69, 9.17) is 10.5 Å². The highest BCUT2D eigenvalue weighted by atomic mass is 32.2. The third-order valence-electron chi connectivity index (χ3n) is 6.59. The molecule has 3 N–H and O–H groups in total. The van der Waals surface area contributed by atoms with E-state index in [1.807, 2.05) is 60.7 Å². The zero-order valence-corrected chi connectivity index (χ0v) is 22.5. The molecule has 5 nitrogen and oxygen atoms in total. The number of aryl methyl sites for hydroxylation is 1. The van der Waals surface area contributed by atoms with Gasteiger partial charge in [0.1, 0.15) is 13.2 Å². The number of rotatable bonds is 9. The van der Waals surface area contributed by atoms with Gasteiger partial charge in [-0.15, -0.1) is 11.8 Å². The van der Waals surface area contributed by atoms with Gasteiger partial charge in [-0.25, -0.2) is 0 Å². The second-order valence-electron chi connectivity index (χ2n) is 9.45. The van der Waals surface area contributed by atoms with Crippen molar-refractivity contribution in [1.82, 2.24) is 5.32 Å². The summed E-state index contributed by atoms with van der Waals surface area (Å²) in [5, 5.41) is 7.26. The van der Waals surface area contributed by atoms with Gasteiger partial charge in [0.15, 0.2) is 0 Å². The average Bonchev–Trinajstić information content (AvgIpc) is 2.98. The molecule has 0 saturated carbocycles. The Morgan fingerprint density at radius 2 is 1.46 bits per heavy atom. The molecule has 0 radical (unpaired) electrons. The fourth-order valence-electron chi connectivity index (χ4n) is 4.64. The summed E-state index contributed by atoms with van der Waals surface area (Å²) in [4.78, 5) is 26.0. The molecular formula is C33H30N2O3S. The molecule has 5 rings (SSSR count). The zero-order chi connectivity index (χ0) is 27.2. The Bertz CT molecular complexity index is 1620. The fourth-order valence-corrected chi connectivity index (χ4v) is 5.85. The number of carbonyl (C=O) groups is 2. The van der Waals surface area contributed by atoms with Crippen LogP contribution in [-0.2, 0) is 20.9 Å². The van der Waals surface area contributed by atoms with Crippen LogP contribution in [0.1, 0.15) is 11.1 Å². The van der Waals surface area contributed by atoms with Gasteiger partial charge in [0.05, 0.1) is 6.04 Å². The van der Waals surface area contributed by atoms with Gasteiger partial charge in [-0.1, -0.05) is 109 Å². The summed E-state index contributed by atoms with van der Waals surface area (Å²) in [6.07, 6.45) is 0. The quantitative estimate of drug-likeness (QED) is 0.133. The number of nitrogens with one attached hydrogen (secondary N) is 1. The lowest BCUT2D eigenvalue weighted by molar-refractivity contribution is -0.145. The molecule has 0 heterocycles. The SMILES string of the molecule is Cc1ccc2c(c1)c(-c1ccccc1)c(SC[C@H](N)C(=O)NCC(=O)OCc1ccccc1)c1ccccc12. The van der Waals surface area contributed by atoms with Crippen LogP contribution in [0.15, 0.2) is 108 Å². The zero-order valence-electron chi connectivity index (χ0n) is 21.7. The Kier molecular flexibility index (Phi) is 8.25. The van der Waals surface area contributed by atoms with Crippen LogP contribution in [-0.4, -0.2) is 30.2 Å². The number of fused-ring (bicyclic) bond motifs is 3. The Labute approximate surface area is 232 Å².